The Hall–Kier alpha value is -1.55. The molecule has 0 saturated carbocycles. The van der Waals surface area contributed by atoms with Crippen LogP contribution < -0.4 is 9.47 Å². The molecule has 0 amide bonds. The molecule has 4 nitrogen and oxygen atoms in total. The molecule has 2 rings (SSSR count). The van der Waals surface area contributed by atoms with Crippen molar-refractivity contribution in [2.75, 3.05) is 27.3 Å². The van der Waals surface area contributed by atoms with E-state index < -0.39 is 0 Å². The SMILES string of the molecule is COc1cc2c(cc1OC)CN(CC(CC(C)C)C(C)=O)CC2. The Morgan fingerprint density at radius 1 is 1.17 bits per heavy atom. The van der Waals surface area contributed by atoms with Gasteiger partial charge in [-0.1, -0.05) is 13.8 Å². The highest BCUT2D eigenvalue weighted by molar-refractivity contribution is 5.78. The molecule has 0 spiro atoms. The van der Waals surface area contributed by atoms with Crippen molar-refractivity contribution in [1.82, 2.24) is 4.90 Å². The van der Waals surface area contributed by atoms with Crippen LogP contribution in [0.3, 0.4) is 0 Å². The van der Waals surface area contributed by atoms with Crippen LogP contribution in [0.25, 0.3) is 0 Å². The number of benzene rings is 1. The molecule has 0 fully saturated rings. The number of carbonyl (C=O) groups excluding carboxylic acids is 1. The molecule has 0 aromatic heterocycles. The van der Waals surface area contributed by atoms with Gasteiger partial charge >= 0.3 is 0 Å². The molecule has 0 saturated heterocycles. The summed E-state index contributed by atoms with van der Waals surface area (Å²) in [6, 6.07) is 4.16. The molecule has 1 aromatic carbocycles. The summed E-state index contributed by atoms with van der Waals surface area (Å²) in [5.41, 5.74) is 2.60. The van der Waals surface area contributed by atoms with Gasteiger partial charge in [0.25, 0.3) is 0 Å². The number of nitrogens with zero attached hydrogens (tertiary/aromatic N) is 1. The van der Waals surface area contributed by atoms with Crippen molar-refractivity contribution >= 4 is 5.78 Å². The lowest BCUT2D eigenvalue weighted by molar-refractivity contribution is -0.121. The van der Waals surface area contributed by atoms with Crippen LogP contribution in [0, 0.1) is 11.8 Å². The van der Waals surface area contributed by atoms with Crippen LogP contribution >= 0.6 is 0 Å². The van der Waals surface area contributed by atoms with Crippen molar-refractivity contribution in [3.8, 4) is 11.5 Å². The Kier molecular flexibility index (Phi) is 6.05. The van der Waals surface area contributed by atoms with E-state index in [1.54, 1.807) is 21.1 Å². The zero-order valence-electron chi connectivity index (χ0n) is 15.0. The Morgan fingerprint density at radius 3 is 2.30 bits per heavy atom. The number of carbonyl (C=O) groups is 1. The number of ether oxygens (including phenoxy) is 2. The topological polar surface area (TPSA) is 38.8 Å². The van der Waals surface area contributed by atoms with Gasteiger partial charge in [0.1, 0.15) is 5.78 Å². The molecule has 1 unspecified atom stereocenters. The van der Waals surface area contributed by atoms with Crippen LogP contribution in [0.4, 0.5) is 0 Å². The standard InChI is InChI=1S/C19H29NO3/c1-13(2)8-16(14(3)21)11-20-7-6-15-9-18(22-4)19(23-5)10-17(15)12-20/h9-10,13,16H,6-8,11-12H2,1-5H3. The number of fused-ring (bicyclic) bond motifs is 1. The van der Waals surface area contributed by atoms with E-state index in [0.29, 0.717) is 11.7 Å². The molecule has 128 valence electrons. The first-order chi connectivity index (χ1) is 10.9. The summed E-state index contributed by atoms with van der Waals surface area (Å²) < 4.78 is 10.8. The Balaban J connectivity index is 2.11. The predicted molar refractivity (Wildman–Crippen MR) is 92.2 cm³/mol. The maximum Gasteiger partial charge on any atom is 0.161 e. The maximum atomic E-state index is 11.9. The number of hydrogen-bond acceptors (Lipinski definition) is 4. The quantitative estimate of drug-likeness (QED) is 0.773. The summed E-state index contributed by atoms with van der Waals surface area (Å²) in [5, 5.41) is 0. The van der Waals surface area contributed by atoms with Crippen molar-refractivity contribution in [3.05, 3.63) is 23.3 Å². The van der Waals surface area contributed by atoms with Crippen molar-refractivity contribution in [2.24, 2.45) is 11.8 Å². The summed E-state index contributed by atoms with van der Waals surface area (Å²) in [6.45, 7) is 8.79. The fourth-order valence-electron chi connectivity index (χ4n) is 3.35. The minimum Gasteiger partial charge on any atom is -0.493 e. The minimum absolute atomic E-state index is 0.136. The van der Waals surface area contributed by atoms with Gasteiger partial charge in [-0.15, -0.1) is 0 Å². The number of rotatable bonds is 7. The molecule has 23 heavy (non-hydrogen) atoms. The minimum atomic E-state index is 0.136. The summed E-state index contributed by atoms with van der Waals surface area (Å²) in [4.78, 5) is 14.3. The summed E-state index contributed by atoms with van der Waals surface area (Å²) in [7, 11) is 3.34. The fraction of sp³-hybridized carbons (Fsp3) is 0.632. The van der Waals surface area contributed by atoms with E-state index in [-0.39, 0.29) is 5.92 Å². The van der Waals surface area contributed by atoms with E-state index in [9.17, 15) is 4.79 Å². The second kappa shape index (κ2) is 7.82. The van der Waals surface area contributed by atoms with E-state index in [2.05, 4.69) is 30.9 Å². The fourth-order valence-corrected chi connectivity index (χ4v) is 3.35. The third-order valence-electron chi connectivity index (χ3n) is 4.61. The van der Waals surface area contributed by atoms with E-state index >= 15 is 0 Å². The lowest BCUT2D eigenvalue weighted by atomic mass is 9.91. The van der Waals surface area contributed by atoms with Crippen molar-refractivity contribution < 1.29 is 14.3 Å². The zero-order chi connectivity index (χ0) is 17.0. The molecular weight excluding hydrogens is 290 g/mol. The molecule has 0 N–H and O–H groups in total. The maximum absolute atomic E-state index is 11.9. The molecule has 4 heteroatoms. The van der Waals surface area contributed by atoms with Crippen molar-refractivity contribution in [3.63, 3.8) is 0 Å². The van der Waals surface area contributed by atoms with Crippen LogP contribution in [0.1, 0.15) is 38.3 Å². The third kappa shape index (κ3) is 4.47. The normalized spacial score (nSPS) is 16.1. The molecule has 0 aliphatic carbocycles. The monoisotopic (exact) mass is 319 g/mol. The second-order valence-electron chi connectivity index (χ2n) is 6.90. The molecule has 0 bridgehead atoms. The molecular formula is C19H29NO3. The highest BCUT2D eigenvalue weighted by atomic mass is 16.5. The number of methoxy groups -OCH3 is 2. The van der Waals surface area contributed by atoms with E-state index in [1.807, 2.05) is 0 Å². The van der Waals surface area contributed by atoms with Crippen LogP contribution in [0.2, 0.25) is 0 Å². The van der Waals surface area contributed by atoms with Gasteiger partial charge in [-0.2, -0.15) is 0 Å². The van der Waals surface area contributed by atoms with Crippen LogP contribution in [0.5, 0.6) is 11.5 Å². The van der Waals surface area contributed by atoms with Crippen LogP contribution in [0.15, 0.2) is 12.1 Å². The van der Waals surface area contributed by atoms with Gasteiger partial charge in [0.05, 0.1) is 14.2 Å². The van der Waals surface area contributed by atoms with Crippen molar-refractivity contribution in [2.45, 2.75) is 40.2 Å². The summed E-state index contributed by atoms with van der Waals surface area (Å²) in [5.74, 6) is 2.55. The number of ketones is 1. The van der Waals surface area contributed by atoms with E-state index in [4.69, 9.17) is 9.47 Å². The van der Waals surface area contributed by atoms with Crippen molar-refractivity contribution in [1.29, 1.82) is 0 Å². The lowest BCUT2D eigenvalue weighted by Gasteiger charge is -2.32. The lowest BCUT2D eigenvalue weighted by Crippen LogP contribution is -2.37. The van der Waals surface area contributed by atoms with Gasteiger partial charge in [0.15, 0.2) is 11.5 Å². The predicted octanol–water partition coefficient (Wildman–Crippen LogP) is 3.31. The van der Waals surface area contributed by atoms with E-state index in [1.165, 1.54) is 11.1 Å². The third-order valence-corrected chi connectivity index (χ3v) is 4.61. The Morgan fingerprint density at radius 2 is 1.78 bits per heavy atom. The molecule has 0 radical (unpaired) electrons. The molecule has 1 aromatic rings. The highest BCUT2D eigenvalue weighted by Gasteiger charge is 2.24. The molecule has 1 heterocycles. The molecule has 1 aliphatic rings. The summed E-state index contributed by atoms with van der Waals surface area (Å²) in [6.07, 6.45) is 1.95. The zero-order valence-corrected chi connectivity index (χ0v) is 15.0. The highest BCUT2D eigenvalue weighted by Crippen LogP contribution is 2.33. The average Bonchev–Trinajstić information content (AvgIpc) is 2.52. The first-order valence-corrected chi connectivity index (χ1v) is 8.41. The molecule has 1 aliphatic heterocycles. The van der Waals surface area contributed by atoms with Gasteiger partial charge in [-0.05, 0) is 48.9 Å². The van der Waals surface area contributed by atoms with Crippen LogP contribution in [-0.4, -0.2) is 38.0 Å². The average molecular weight is 319 g/mol. The largest absolute Gasteiger partial charge is 0.493 e. The first kappa shape index (κ1) is 17.8. The van der Waals surface area contributed by atoms with Crippen LogP contribution in [-0.2, 0) is 17.8 Å². The Labute approximate surface area is 139 Å². The van der Waals surface area contributed by atoms with Gasteiger partial charge in [-0.25, -0.2) is 0 Å². The van der Waals surface area contributed by atoms with Gasteiger partial charge in [-0.3, -0.25) is 9.69 Å². The number of Topliss-reactive ketones (excluding diaryl/α,β-unsaturated/α-hetero) is 1. The molecule has 1 atom stereocenters. The van der Waals surface area contributed by atoms with Gasteiger partial charge in [0.2, 0.25) is 0 Å². The Bertz CT molecular complexity index is 554. The van der Waals surface area contributed by atoms with Gasteiger partial charge in [0, 0.05) is 25.6 Å². The summed E-state index contributed by atoms with van der Waals surface area (Å²) >= 11 is 0. The van der Waals surface area contributed by atoms with Gasteiger partial charge < -0.3 is 9.47 Å². The smallest absolute Gasteiger partial charge is 0.161 e. The first-order valence-electron chi connectivity index (χ1n) is 8.41. The van der Waals surface area contributed by atoms with E-state index in [0.717, 1.165) is 44.0 Å². The second-order valence-corrected chi connectivity index (χ2v) is 6.90. The number of hydrogen-bond donors (Lipinski definition) is 0.